The van der Waals surface area contributed by atoms with Crippen molar-refractivity contribution in [2.45, 2.75) is 0 Å². The maximum Gasteiger partial charge on any atom is 0.341 e. The molecule has 0 fully saturated rings. The minimum atomic E-state index is -1.89. The number of Topliss-reactive ketones (excluding diaryl/α,β-unsaturated/α-hetero) is 1. The van der Waals surface area contributed by atoms with Crippen molar-refractivity contribution >= 4 is 23.4 Å². The van der Waals surface area contributed by atoms with Crippen molar-refractivity contribution in [3.8, 4) is 0 Å². The van der Waals surface area contributed by atoms with Crippen LogP contribution in [0.1, 0.15) is 10.4 Å². The summed E-state index contributed by atoms with van der Waals surface area (Å²) in [5.74, 6) is -11.9. The number of aromatic nitrogens is 1. The van der Waals surface area contributed by atoms with Crippen LogP contribution in [0.2, 0.25) is 0 Å². The fourth-order valence-corrected chi connectivity index (χ4v) is 1.79. The van der Waals surface area contributed by atoms with Crippen molar-refractivity contribution in [3.63, 3.8) is 0 Å². The Balaban J connectivity index is 2.42. The third kappa shape index (κ3) is 3.77. The van der Waals surface area contributed by atoms with E-state index < -0.39 is 63.6 Å². The second-order valence-corrected chi connectivity index (χ2v) is 4.77. The van der Waals surface area contributed by atoms with Crippen molar-refractivity contribution in [2.75, 3.05) is 11.1 Å². The number of halogens is 5. The number of carboxylic acids is 1. The molecule has 11 heteroatoms. The topological polar surface area (TPSA) is 105 Å². The van der Waals surface area contributed by atoms with Crippen LogP contribution in [-0.4, -0.2) is 21.8 Å². The van der Waals surface area contributed by atoms with Crippen LogP contribution in [0.5, 0.6) is 0 Å². The van der Waals surface area contributed by atoms with E-state index in [0.29, 0.717) is 12.3 Å². The zero-order chi connectivity index (χ0) is 19.6. The molecule has 1 aromatic carbocycles. The summed E-state index contributed by atoms with van der Waals surface area (Å²) in [6.07, 6.45) is 0.425. The van der Waals surface area contributed by atoms with Crippen molar-refractivity contribution in [2.24, 2.45) is 0 Å². The van der Waals surface area contributed by atoms with Gasteiger partial charge in [-0.25, -0.2) is 31.7 Å². The standard InChI is InChI=1S/C15H8F5N3O3/c16-7-2-9(18)8(17)1-5(7)12(24)6(15(25)26)4-22-14-11(20)3-10(19)13(21)23-14/h1-4H,(H,25,26)(H3,21,22,23)/b6-4+. The lowest BCUT2D eigenvalue weighted by Crippen LogP contribution is -2.16. The molecule has 0 aliphatic carbocycles. The number of rotatable bonds is 5. The van der Waals surface area contributed by atoms with E-state index in [0.717, 1.165) is 0 Å². The summed E-state index contributed by atoms with van der Waals surface area (Å²) in [5.41, 5.74) is 2.92. The molecule has 26 heavy (non-hydrogen) atoms. The van der Waals surface area contributed by atoms with Crippen LogP contribution in [0.15, 0.2) is 30.0 Å². The molecule has 1 aromatic heterocycles. The first-order valence-corrected chi connectivity index (χ1v) is 6.62. The van der Waals surface area contributed by atoms with E-state index in [4.69, 9.17) is 10.8 Å². The molecule has 0 amide bonds. The smallest absolute Gasteiger partial charge is 0.341 e. The summed E-state index contributed by atoms with van der Waals surface area (Å²) in [6, 6.07) is 0.603. The summed E-state index contributed by atoms with van der Waals surface area (Å²) >= 11 is 0. The van der Waals surface area contributed by atoms with Crippen LogP contribution in [0.3, 0.4) is 0 Å². The molecule has 1 heterocycles. The van der Waals surface area contributed by atoms with Gasteiger partial charge < -0.3 is 16.2 Å². The van der Waals surface area contributed by atoms with Gasteiger partial charge in [0.05, 0.1) is 5.56 Å². The van der Waals surface area contributed by atoms with Crippen LogP contribution in [0.4, 0.5) is 33.6 Å². The summed E-state index contributed by atoms with van der Waals surface area (Å²) in [6.45, 7) is 0. The number of hydrogen-bond acceptors (Lipinski definition) is 5. The number of carbonyl (C=O) groups is 2. The van der Waals surface area contributed by atoms with Gasteiger partial charge in [-0.1, -0.05) is 0 Å². The molecule has 2 aromatic rings. The van der Waals surface area contributed by atoms with E-state index in [-0.39, 0.29) is 12.1 Å². The number of anilines is 2. The van der Waals surface area contributed by atoms with Gasteiger partial charge >= 0.3 is 5.97 Å². The van der Waals surface area contributed by atoms with Gasteiger partial charge in [0.25, 0.3) is 0 Å². The summed E-state index contributed by atoms with van der Waals surface area (Å²) in [4.78, 5) is 26.5. The molecular weight excluding hydrogens is 365 g/mol. The van der Waals surface area contributed by atoms with Crippen LogP contribution in [0, 0.1) is 29.1 Å². The van der Waals surface area contributed by atoms with Gasteiger partial charge in [-0.2, -0.15) is 0 Å². The minimum absolute atomic E-state index is 0.0668. The van der Waals surface area contributed by atoms with E-state index in [2.05, 4.69) is 4.98 Å². The van der Waals surface area contributed by atoms with E-state index in [9.17, 15) is 31.5 Å². The maximum absolute atomic E-state index is 13.6. The molecule has 2 rings (SSSR count). The van der Waals surface area contributed by atoms with Crippen molar-refractivity contribution in [1.82, 2.24) is 4.98 Å². The quantitative estimate of drug-likeness (QED) is 0.186. The Labute approximate surface area is 141 Å². The SMILES string of the molecule is Nc1nc(N/C=C(/C(=O)O)C(=O)c2cc(F)c(F)cc2F)c(F)cc1F. The highest BCUT2D eigenvalue weighted by Crippen LogP contribution is 2.19. The lowest BCUT2D eigenvalue weighted by atomic mass is 10.0. The number of carboxylic acid groups (broad SMARTS) is 1. The third-order valence-electron chi connectivity index (χ3n) is 3.04. The number of nitrogens with zero attached hydrogens (tertiary/aromatic N) is 1. The summed E-state index contributed by atoms with van der Waals surface area (Å²) < 4.78 is 66.3. The third-order valence-corrected chi connectivity index (χ3v) is 3.04. The highest BCUT2D eigenvalue weighted by Gasteiger charge is 2.24. The molecule has 136 valence electrons. The average molecular weight is 373 g/mol. The Morgan fingerprint density at radius 2 is 1.54 bits per heavy atom. The Hall–Kier alpha value is -3.50. The zero-order valence-electron chi connectivity index (χ0n) is 12.5. The molecule has 4 N–H and O–H groups in total. The Morgan fingerprint density at radius 1 is 0.962 bits per heavy atom. The first-order chi connectivity index (χ1) is 12.1. The number of hydrogen-bond donors (Lipinski definition) is 3. The molecule has 0 spiro atoms. The minimum Gasteiger partial charge on any atom is -0.477 e. The molecule has 0 aliphatic heterocycles. The molecule has 0 radical (unpaired) electrons. The van der Waals surface area contributed by atoms with E-state index in [1.54, 1.807) is 0 Å². The van der Waals surface area contributed by atoms with Crippen LogP contribution < -0.4 is 11.1 Å². The fraction of sp³-hybridized carbons (Fsp3) is 0. The first-order valence-electron chi connectivity index (χ1n) is 6.62. The number of nitrogen functional groups attached to an aromatic ring is 1. The van der Waals surface area contributed by atoms with E-state index in [1.165, 1.54) is 0 Å². The molecule has 0 saturated heterocycles. The number of nitrogens with one attached hydrogen (secondary N) is 1. The number of aliphatic carboxylic acids is 1. The second kappa shape index (κ2) is 7.17. The second-order valence-electron chi connectivity index (χ2n) is 4.77. The molecule has 0 atom stereocenters. The molecule has 0 bridgehead atoms. The number of benzene rings is 1. The Bertz CT molecular complexity index is 947. The molecular formula is C15H8F5N3O3. The van der Waals surface area contributed by atoms with Gasteiger partial charge in [0, 0.05) is 18.3 Å². The molecule has 6 nitrogen and oxygen atoms in total. The average Bonchev–Trinajstić information content (AvgIpc) is 2.55. The van der Waals surface area contributed by atoms with Gasteiger partial charge in [0.2, 0.25) is 5.78 Å². The van der Waals surface area contributed by atoms with Crippen molar-refractivity contribution < 1.29 is 36.6 Å². The summed E-state index contributed by atoms with van der Waals surface area (Å²) in [5, 5.41) is 11.0. The molecule has 0 unspecified atom stereocenters. The Morgan fingerprint density at radius 3 is 2.15 bits per heavy atom. The predicted octanol–water partition coefficient (Wildman–Crippen LogP) is 2.62. The normalized spacial score (nSPS) is 11.3. The Kier molecular flexibility index (Phi) is 5.19. The fourth-order valence-electron chi connectivity index (χ4n) is 1.79. The number of ketones is 1. The van der Waals surface area contributed by atoms with E-state index in [1.807, 2.05) is 5.32 Å². The largest absolute Gasteiger partial charge is 0.477 e. The lowest BCUT2D eigenvalue weighted by molar-refractivity contribution is -0.132. The van der Waals surface area contributed by atoms with Gasteiger partial charge in [0.1, 0.15) is 11.4 Å². The van der Waals surface area contributed by atoms with Crippen LogP contribution in [-0.2, 0) is 4.79 Å². The zero-order valence-corrected chi connectivity index (χ0v) is 12.5. The highest BCUT2D eigenvalue weighted by atomic mass is 19.2. The lowest BCUT2D eigenvalue weighted by Gasteiger charge is -2.07. The van der Waals surface area contributed by atoms with Crippen LogP contribution >= 0.6 is 0 Å². The van der Waals surface area contributed by atoms with Crippen molar-refractivity contribution in [3.05, 3.63) is 64.6 Å². The van der Waals surface area contributed by atoms with E-state index >= 15 is 0 Å². The summed E-state index contributed by atoms with van der Waals surface area (Å²) in [7, 11) is 0. The van der Waals surface area contributed by atoms with Gasteiger partial charge in [-0.05, 0) is 6.07 Å². The number of pyridine rings is 1. The van der Waals surface area contributed by atoms with Crippen LogP contribution in [0.25, 0.3) is 0 Å². The van der Waals surface area contributed by atoms with Gasteiger partial charge in [0.15, 0.2) is 34.9 Å². The monoisotopic (exact) mass is 373 g/mol. The number of carbonyl (C=O) groups excluding carboxylic acids is 1. The predicted molar refractivity (Wildman–Crippen MR) is 78.6 cm³/mol. The molecule has 0 saturated carbocycles. The first kappa shape index (κ1) is 18.8. The maximum atomic E-state index is 13.6. The highest BCUT2D eigenvalue weighted by molar-refractivity contribution is 6.23. The number of nitrogens with two attached hydrogens (primary N) is 1. The van der Waals surface area contributed by atoms with Gasteiger partial charge in [-0.15, -0.1) is 0 Å². The molecule has 0 aliphatic rings. The van der Waals surface area contributed by atoms with Gasteiger partial charge in [-0.3, -0.25) is 4.79 Å². The van der Waals surface area contributed by atoms with Crippen molar-refractivity contribution in [1.29, 1.82) is 0 Å².